The van der Waals surface area contributed by atoms with Crippen molar-refractivity contribution in [2.24, 2.45) is 0 Å². The van der Waals surface area contributed by atoms with Crippen LogP contribution < -0.4 is 20.2 Å². The number of benzene rings is 2. The average Bonchev–Trinajstić information content (AvgIpc) is 2.91. The number of ether oxygens (including phenoxy) is 2. The zero-order valence-electron chi connectivity index (χ0n) is 15.4. The molecule has 8 nitrogen and oxygen atoms in total. The summed E-state index contributed by atoms with van der Waals surface area (Å²) in [5.74, 6) is -0.800. The molecule has 0 spiro atoms. The van der Waals surface area contributed by atoms with E-state index in [9.17, 15) is 14.4 Å². The van der Waals surface area contributed by atoms with Crippen LogP contribution in [0.1, 0.15) is 22.8 Å². The van der Waals surface area contributed by atoms with Crippen LogP contribution in [-0.2, 0) is 10.3 Å². The first kappa shape index (κ1) is 19.5. The molecule has 0 aliphatic carbocycles. The van der Waals surface area contributed by atoms with E-state index in [1.165, 1.54) is 26.4 Å². The topological polar surface area (TPSA) is 97.0 Å². The van der Waals surface area contributed by atoms with Crippen LogP contribution in [0.25, 0.3) is 0 Å². The molecule has 1 aliphatic rings. The maximum atomic E-state index is 12.9. The van der Waals surface area contributed by atoms with Crippen molar-refractivity contribution in [3.05, 3.63) is 58.6 Å². The first-order chi connectivity index (χ1) is 13.3. The summed E-state index contributed by atoms with van der Waals surface area (Å²) in [5, 5.41) is 3.41. The molecule has 1 saturated heterocycles. The molecule has 1 heterocycles. The molecule has 0 bridgehead atoms. The van der Waals surface area contributed by atoms with Crippen LogP contribution in [0.4, 0.5) is 4.79 Å². The minimum absolute atomic E-state index is 0.0940. The van der Waals surface area contributed by atoms with Crippen LogP contribution in [0.15, 0.2) is 42.5 Å². The van der Waals surface area contributed by atoms with Crippen LogP contribution >= 0.6 is 11.6 Å². The van der Waals surface area contributed by atoms with Gasteiger partial charge < -0.3 is 14.8 Å². The van der Waals surface area contributed by atoms with E-state index in [-0.39, 0.29) is 22.1 Å². The number of urea groups is 1. The Labute approximate surface area is 166 Å². The maximum absolute atomic E-state index is 12.9. The highest BCUT2D eigenvalue weighted by Crippen LogP contribution is 2.36. The minimum Gasteiger partial charge on any atom is -0.493 e. The minimum atomic E-state index is -1.29. The van der Waals surface area contributed by atoms with Crippen LogP contribution in [0, 0.1) is 0 Å². The summed E-state index contributed by atoms with van der Waals surface area (Å²) >= 11 is 6.11. The van der Waals surface area contributed by atoms with Gasteiger partial charge >= 0.3 is 6.03 Å². The molecule has 3 rings (SSSR count). The summed E-state index contributed by atoms with van der Waals surface area (Å²) in [5.41, 5.74) is 1.71. The Bertz CT molecular complexity index is 950. The lowest BCUT2D eigenvalue weighted by molar-refractivity contribution is -0.132. The van der Waals surface area contributed by atoms with Crippen LogP contribution in [0.5, 0.6) is 11.5 Å². The summed E-state index contributed by atoms with van der Waals surface area (Å²) in [4.78, 5) is 37.8. The molecule has 0 radical (unpaired) electrons. The summed E-state index contributed by atoms with van der Waals surface area (Å²) in [6.07, 6.45) is 0. The number of nitrogens with one attached hydrogen (secondary N) is 2. The Balaban J connectivity index is 1.86. The quantitative estimate of drug-likeness (QED) is 0.747. The molecule has 1 aliphatic heterocycles. The van der Waals surface area contributed by atoms with Gasteiger partial charge in [-0.25, -0.2) is 4.79 Å². The smallest absolute Gasteiger partial charge is 0.344 e. The second-order valence-electron chi connectivity index (χ2n) is 6.20. The highest BCUT2D eigenvalue weighted by molar-refractivity contribution is 6.32. The van der Waals surface area contributed by atoms with E-state index in [1.54, 1.807) is 37.3 Å². The molecular formula is C19H18ClN3O5. The summed E-state index contributed by atoms with van der Waals surface area (Å²) in [6, 6.07) is 10.8. The van der Waals surface area contributed by atoms with E-state index in [0.29, 0.717) is 10.6 Å². The Hall–Kier alpha value is -3.26. The van der Waals surface area contributed by atoms with Gasteiger partial charge in [0.1, 0.15) is 5.54 Å². The number of methoxy groups -OCH3 is 2. The number of hydrogen-bond donors (Lipinski definition) is 2. The van der Waals surface area contributed by atoms with Crippen LogP contribution in [0.3, 0.4) is 0 Å². The lowest BCUT2D eigenvalue weighted by atomic mass is 9.92. The van der Waals surface area contributed by atoms with Crippen molar-refractivity contribution < 1.29 is 23.9 Å². The number of rotatable bonds is 5. The number of amides is 4. The molecule has 2 N–H and O–H groups in total. The third-order valence-electron chi connectivity index (χ3n) is 4.45. The van der Waals surface area contributed by atoms with Crippen molar-refractivity contribution in [2.45, 2.75) is 12.5 Å². The van der Waals surface area contributed by atoms with Crippen molar-refractivity contribution in [1.29, 1.82) is 0 Å². The van der Waals surface area contributed by atoms with E-state index in [1.807, 2.05) is 0 Å². The summed E-state index contributed by atoms with van der Waals surface area (Å²) in [6.45, 7) is 1.57. The fraction of sp³-hybridized carbons (Fsp3) is 0.211. The lowest BCUT2D eigenvalue weighted by Gasteiger charge is -2.22. The first-order valence-electron chi connectivity index (χ1n) is 8.26. The molecule has 2 aromatic carbocycles. The number of hydrazine groups is 1. The molecule has 0 aromatic heterocycles. The van der Waals surface area contributed by atoms with Gasteiger partial charge in [-0.1, -0.05) is 41.9 Å². The zero-order valence-corrected chi connectivity index (χ0v) is 16.2. The molecule has 9 heteroatoms. The number of carbonyl (C=O) groups excluding carboxylic acids is 3. The average molecular weight is 404 g/mol. The molecule has 4 amide bonds. The van der Waals surface area contributed by atoms with Gasteiger partial charge in [0.15, 0.2) is 11.5 Å². The molecule has 28 heavy (non-hydrogen) atoms. The van der Waals surface area contributed by atoms with E-state index in [2.05, 4.69) is 10.7 Å². The molecular weight excluding hydrogens is 386 g/mol. The van der Waals surface area contributed by atoms with Gasteiger partial charge in [-0.15, -0.1) is 0 Å². The molecule has 0 unspecified atom stereocenters. The standard InChI is InChI=1S/C19H18ClN3O5/c1-19(12-7-5-4-6-8-12)17(25)23(18(26)21-19)22-16(24)11-9-13(20)15(28-3)14(10-11)27-2/h4-10H,1-3H3,(H,21,26)(H,22,24)/t19-/m0/s1. The number of carbonyl (C=O) groups is 3. The van der Waals surface area contributed by atoms with Gasteiger partial charge in [0.25, 0.3) is 11.8 Å². The van der Waals surface area contributed by atoms with Crippen molar-refractivity contribution in [2.75, 3.05) is 14.2 Å². The normalized spacial score (nSPS) is 18.6. The van der Waals surface area contributed by atoms with Crippen molar-refractivity contribution in [1.82, 2.24) is 15.8 Å². The Morgan fingerprint density at radius 1 is 1.14 bits per heavy atom. The zero-order chi connectivity index (χ0) is 20.5. The molecule has 1 fully saturated rings. The highest BCUT2D eigenvalue weighted by atomic mass is 35.5. The fourth-order valence-electron chi connectivity index (χ4n) is 2.92. The number of hydrogen-bond acceptors (Lipinski definition) is 5. The van der Waals surface area contributed by atoms with E-state index in [4.69, 9.17) is 21.1 Å². The van der Waals surface area contributed by atoms with Crippen LogP contribution in [0.2, 0.25) is 5.02 Å². The molecule has 2 aromatic rings. The van der Waals surface area contributed by atoms with Crippen molar-refractivity contribution in [3.8, 4) is 11.5 Å². The largest absolute Gasteiger partial charge is 0.493 e. The predicted molar refractivity (Wildman–Crippen MR) is 101 cm³/mol. The first-order valence-corrected chi connectivity index (χ1v) is 8.64. The summed E-state index contributed by atoms with van der Waals surface area (Å²) < 4.78 is 10.3. The lowest BCUT2D eigenvalue weighted by Crippen LogP contribution is -2.47. The second-order valence-corrected chi connectivity index (χ2v) is 6.60. The number of nitrogens with zero attached hydrogens (tertiary/aromatic N) is 1. The second kappa shape index (κ2) is 7.40. The Morgan fingerprint density at radius 2 is 1.82 bits per heavy atom. The van der Waals surface area contributed by atoms with Gasteiger partial charge in [0.2, 0.25) is 0 Å². The SMILES string of the molecule is COc1cc(C(=O)NN2C(=O)N[C@@](C)(c3ccccc3)C2=O)cc(Cl)c1OC. The third kappa shape index (κ3) is 3.22. The molecule has 0 saturated carbocycles. The van der Waals surface area contributed by atoms with Crippen molar-refractivity contribution >= 4 is 29.4 Å². The van der Waals surface area contributed by atoms with Crippen LogP contribution in [-0.4, -0.2) is 37.1 Å². The highest BCUT2D eigenvalue weighted by Gasteiger charge is 2.50. The predicted octanol–water partition coefficient (Wildman–Crippen LogP) is 2.47. The van der Waals surface area contributed by atoms with Gasteiger partial charge in [-0.2, -0.15) is 5.01 Å². The Morgan fingerprint density at radius 3 is 2.43 bits per heavy atom. The van der Waals surface area contributed by atoms with Crippen molar-refractivity contribution in [3.63, 3.8) is 0 Å². The Kier molecular flexibility index (Phi) is 5.15. The third-order valence-corrected chi connectivity index (χ3v) is 4.73. The fourth-order valence-corrected chi connectivity index (χ4v) is 3.21. The van der Waals surface area contributed by atoms with Gasteiger partial charge in [0.05, 0.1) is 19.2 Å². The van der Waals surface area contributed by atoms with Gasteiger partial charge in [0, 0.05) is 5.56 Å². The van der Waals surface area contributed by atoms with Gasteiger partial charge in [-0.3, -0.25) is 15.0 Å². The van der Waals surface area contributed by atoms with E-state index < -0.39 is 23.4 Å². The van der Waals surface area contributed by atoms with E-state index in [0.717, 1.165) is 0 Å². The van der Waals surface area contributed by atoms with E-state index >= 15 is 0 Å². The summed E-state index contributed by atoms with van der Waals surface area (Å²) in [7, 11) is 2.82. The molecule has 146 valence electrons. The van der Waals surface area contributed by atoms with Gasteiger partial charge in [-0.05, 0) is 24.6 Å². The number of halogens is 1. The number of imide groups is 1. The maximum Gasteiger partial charge on any atom is 0.344 e. The monoisotopic (exact) mass is 403 g/mol. The molecule has 1 atom stereocenters.